The minimum absolute atomic E-state index is 0.315. The summed E-state index contributed by atoms with van der Waals surface area (Å²) in [4.78, 5) is 2.52. The van der Waals surface area contributed by atoms with E-state index in [1.165, 1.54) is 24.1 Å². The molecule has 1 saturated carbocycles. The minimum Gasteiger partial charge on any atom is -0.372 e. The van der Waals surface area contributed by atoms with Crippen LogP contribution >= 0.6 is 0 Å². The molecular weight excluding hydrogens is 256 g/mol. The van der Waals surface area contributed by atoms with Gasteiger partial charge in [-0.1, -0.05) is 38.5 Å². The second-order valence-electron chi connectivity index (χ2n) is 7.42. The molecule has 21 heavy (non-hydrogen) atoms. The molecule has 0 radical (unpaired) electrons. The predicted octanol–water partition coefficient (Wildman–Crippen LogP) is 4.22. The van der Waals surface area contributed by atoms with E-state index in [2.05, 4.69) is 63.8 Å². The van der Waals surface area contributed by atoms with Gasteiger partial charge < -0.3 is 10.6 Å². The molecule has 0 saturated heterocycles. The molecule has 1 aliphatic rings. The van der Waals surface area contributed by atoms with Gasteiger partial charge in [-0.05, 0) is 56.1 Å². The third kappa shape index (κ3) is 3.42. The third-order valence-electron chi connectivity index (χ3n) is 5.94. The van der Waals surface area contributed by atoms with Crippen LogP contribution < -0.4 is 10.6 Å². The third-order valence-corrected chi connectivity index (χ3v) is 5.94. The predicted molar refractivity (Wildman–Crippen MR) is 92.7 cm³/mol. The van der Waals surface area contributed by atoms with Gasteiger partial charge in [0.25, 0.3) is 0 Å². The average Bonchev–Trinajstić information content (AvgIpc) is 2.46. The van der Waals surface area contributed by atoms with E-state index in [9.17, 15) is 0 Å². The van der Waals surface area contributed by atoms with E-state index in [-0.39, 0.29) is 0 Å². The molecule has 0 heterocycles. The molecule has 3 unspecified atom stereocenters. The lowest BCUT2D eigenvalue weighted by molar-refractivity contribution is 0.0583. The Labute approximate surface area is 130 Å². The van der Waals surface area contributed by atoms with Crippen molar-refractivity contribution >= 4 is 5.69 Å². The number of aryl methyl sites for hydroxylation is 1. The van der Waals surface area contributed by atoms with Crippen molar-refractivity contribution < 1.29 is 0 Å². The Bertz CT molecular complexity index is 449. The van der Waals surface area contributed by atoms with Crippen molar-refractivity contribution in [2.75, 3.05) is 18.0 Å². The van der Waals surface area contributed by atoms with Crippen LogP contribution in [-0.4, -0.2) is 19.1 Å². The fourth-order valence-electron chi connectivity index (χ4n) is 3.70. The largest absolute Gasteiger partial charge is 0.372 e. The van der Waals surface area contributed by atoms with Crippen LogP contribution in [0.25, 0.3) is 0 Å². The second-order valence-corrected chi connectivity index (χ2v) is 7.42. The fourth-order valence-corrected chi connectivity index (χ4v) is 3.70. The number of hydrogen-bond donors (Lipinski definition) is 1. The Morgan fingerprint density at radius 3 is 2.38 bits per heavy atom. The Balaban J connectivity index is 2.13. The molecule has 2 heteroatoms. The van der Waals surface area contributed by atoms with Gasteiger partial charge in [-0.3, -0.25) is 0 Å². The summed E-state index contributed by atoms with van der Waals surface area (Å²) < 4.78 is 0. The lowest BCUT2D eigenvalue weighted by Gasteiger charge is -2.48. The number of rotatable bonds is 4. The van der Waals surface area contributed by atoms with Crippen molar-refractivity contribution in [2.45, 2.75) is 53.5 Å². The first-order chi connectivity index (χ1) is 9.86. The number of anilines is 1. The van der Waals surface area contributed by atoms with Gasteiger partial charge in [-0.2, -0.15) is 0 Å². The van der Waals surface area contributed by atoms with E-state index < -0.39 is 0 Å². The Kier molecular flexibility index (Phi) is 4.98. The van der Waals surface area contributed by atoms with Crippen LogP contribution in [0.1, 0.15) is 46.1 Å². The quantitative estimate of drug-likeness (QED) is 0.898. The van der Waals surface area contributed by atoms with Crippen LogP contribution in [0.2, 0.25) is 0 Å². The highest BCUT2D eigenvalue weighted by Gasteiger charge is 2.41. The first-order valence-corrected chi connectivity index (χ1v) is 8.43. The summed E-state index contributed by atoms with van der Waals surface area (Å²) in [5.41, 5.74) is 9.28. The van der Waals surface area contributed by atoms with Gasteiger partial charge in [0, 0.05) is 24.8 Å². The lowest BCUT2D eigenvalue weighted by Crippen LogP contribution is -2.50. The van der Waals surface area contributed by atoms with Crippen molar-refractivity contribution in [3.8, 4) is 0 Å². The normalized spacial score (nSPS) is 28.4. The Morgan fingerprint density at radius 2 is 1.81 bits per heavy atom. The summed E-state index contributed by atoms with van der Waals surface area (Å²) in [6.45, 7) is 13.8. The number of nitrogens with zero attached hydrogens (tertiary/aromatic N) is 1. The van der Waals surface area contributed by atoms with Crippen LogP contribution in [0.3, 0.4) is 0 Å². The lowest BCUT2D eigenvalue weighted by atomic mass is 9.61. The molecule has 0 spiro atoms. The molecule has 1 aromatic carbocycles. The van der Waals surface area contributed by atoms with Crippen molar-refractivity contribution in [3.05, 3.63) is 29.8 Å². The maximum absolute atomic E-state index is 6.29. The molecule has 3 atom stereocenters. The molecule has 2 nitrogen and oxygen atoms in total. The summed E-state index contributed by atoms with van der Waals surface area (Å²) in [5, 5.41) is 0. The van der Waals surface area contributed by atoms with Crippen molar-refractivity contribution in [1.82, 2.24) is 0 Å². The Hall–Kier alpha value is -1.02. The summed E-state index contributed by atoms with van der Waals surface area (Å²) >= 11 is 0. The maximum Gasteiger partial charge on any atom is 0.0366 e. The fraction of sp³-hybridized carbons (Fsp3) is 0.684. The van der Waals surface area contributed by atoms with E-state index in [0.717, 1.165) is 13.1 Å². The molecule has 1 aliphatic carbocycles. The molecule has 0 bridgehead atoms. The van der Waals surface area contributed by atoms with Crippen LogP contribution in [0.4, 0.5) is 5.69 Å². The summed E-state index contributed by atoms with van der Waals surface area (Å²) in [7, 11) is 0. The van der Waals surface area contributed by atoms with Gasteiger partial charge >= 0.3 is 0 Å². The van der Waals surface area contributed by atoms with E-state index in [1.807, 2.05) is 0 Å². The molecular formula is C19H32N2. The maximum atomic E-state index is 6.29. The summed E-state index contributed by atoms with van der Waals surface area (Å²) in [5.74, 6) is 1.31. The van der Waals surface area contributed by atoms with Crippen molar-refractivity contribution in [1.29, 1.82) is 0 Å². The highest BCUT2D eigenvalue weighted by molar-refractivity contribution is 5.47. The minimum atomic E-state index is 0.315. The van der Waals surface area contributed by atoms with Crippen LogP contribution in [0, 0.1) is 24.2 Å². The molecule has 2 N–H and O–H groups in total. The molecule has 1 aromatic rings. The highest BCUT2D eigenvalue weighted by Crippen LogP contribution is 2.44. The Morgan fingerprint density at radius 1 is 1.19 bits per heavy atom. The second kappa shape index (κ2) is 6.39. The van der Waals surface area contributed by atoms with Crippen molar-refractivity contribution in [3.63, 3.8) is 0 Å². The van der Waals surface area contributed by atoms with Crippen LogP contribution in [-0.2, 0) is 0 Å². The van der Waals surface area contributed by atoms with Gasteiger partial charge in [-0.25, -0.2) is 0 Å². The van der Waals surface area contributed by atoms with Gasteiger partial charge in [0.05, 0.1) is 0 Å². The van der Waals surface area contributed by atoms with Crippen LogP contribution in [0.15, 0.2) is 24.3 Å². The van der Waals surface area contributed by atoms with Gasteiger partial charge in [-0.15, -0.1) is 0 Å². The molecule has 0 aromatic heterocycles. The molecule has 1 fully saturated rings. The average molecular weight is 288 g/mol. The van der Waals surface area contributed by atoms with E-state index >= 15 is 0 Å². The first-order valence-electron chi connectivity index (χ1n) is 8.43. The zero-order chi connectivity index (χ0) is 15.6. The van der Waals surface area contributed by atoms with Gasteiger partial charge in [0.15, 0.2) is 0 Å². The zero-order valence-corrected chi connectivity index (χ0v) is 14.4. The van der Waals surface area contributed by atoms with Crippen LogP contribution in [0.5, 0.6) is 0 Å². The summed E-state index contributed by atoms with van der Waals surface area (Å²) in [6, 6.07) is 9.30. The van der Waals surface area contributed by atoms with Crippen molar-refractivity contribution in [2.24, 2.45) is 23.0 Å². The molecule has 0 amide bonds. The topological polar surface area (TPSA) is 29.3 Å². The SMILES string of the molecule is CCN(CC1CCC(N)C(C)C1(C)C)c1ccc(C)cc1. The molecule has 118 valence electrons. The smallest absolute Gasteiger partial charge is 0.0366 e. The monoisotopic (exact) mass is 288 g/mol. The zero-order valence-electron chi connectivity index (χ0n) is 14.4. The van der Waals surface area contributed by atoms with Gasteiger partial charge in [0.2, 0.25) is 0 Å². The molecule has 0 aliphatic heterocycles. The van der Waals surface area contributed by atoms with Gasteiger partial charge in [0.1, 0.15) is 0 Å². The number of nitrogens with two attached hydrogens (primary N) is 1. The molecule has 2 rings (SSSR count). The van der Waals surface area contributed by atoms with E-state index in [4.69, 9.17) is 5.73 Å². The summed E-state index contributed by atoms with van der Waals surface area (Å²) in [6.07, 6.45) is 2.42. The highest BCUT2D eigenvalue weighted by atomic mass is 15.1. The standard InChI is InChI=1S/C19H32N2/c1-6-21(17-10-7-14(2)8-11-17)13-16-9-12-18(20)15(3)19(16,4)5/h7-8,10-11,15-16,18H,6,9,12-13,20H2,1-5H3. The first kappa shape index (κ1) is 16.4. The number of benzene rings is 1. The van der Waals surface area contributed by atoms with E-state index in [0.29, 0.717) is 23.3 Å². The van der Waals surface area contributed by atoms with E-state index in [1.54, 1.807) is 0 Å². The number of hydrogen-bond acceptors (Lipinski definition) is 2.